The molecule has 7 heteroatoms. The molecule has 2 aromatic carbocycles. The van der Waals surface area contributed by atoms with E-state index in [1.807, 2.05) is 60.8 Å². The normalized spacial score (nSPS) is 20.1. The zero-order chi connectivity index (χ0) is 24.4. The van der Waals surface area contributed by atoms with E-state index >= 15 is 0 Å². The number of aromatic nitrogens is 1. The molecule has 2 aliphatic rings. The first-order chi connectivity index (χ1) is 17.0. The van der Waals surface area contributed by atoms with E-state index in [0.29, 0.717) is 13.0 Å². The molecule has 182 valence electrons. The van der Waals surface area contributed by atoms with Gasteiger partial charge >= 0.3 is 0 Å². The number of aliphatic hydroxyl groups excluding tert-OH is 1. The molecule has 2 heterocycles. The number of hydrogen-bond donors (Lipinski definition) is 2. The topological polar surface area (TPSA) is 89.8 Å². The highest BCUT2D eigenvalue weighted by Gasteiger charge is 2.32. The van der Waals surface area contributed by atoms with E-state index in [1.54, 1.807) is 11.5 Å². The highest BCUT2D eigenvalue weighted by molar-refractivity contribution is 5.95. The average molecular weight is 475 g/mol. The number of aliphatic hydroxyl groups is 1. The first-order valence-corrected chi connectivity index (χ1v) is 12.1. The number of benzene rings is 2. The van der Waals surface area contributed by atoms with Crippen LogP contribution in [0.15, 0.2) is 66.6 Å². The Bertz CT molecular complexity index is 1260. The van der Waals surface area contributed by atoms with Crippen LogP contribution in [0, 0.1) is 0 Å². The van der Waals surface area contributed by atoms with E-state index in [1.165, 1.54) is 0 Å². The molecule has 0 radical (unpaired) electrons. The predicted octanol–water partition coefficient (Wildman–Crippen LogP) is 4.39. The molecule has 0 spiro atoms. The fourth-order valence-corrected chi connectivity index (χ4v) is 4.64. The maximum Gasteiger partial charge on any atom is 0.286 e. The molecule has 1 saturated carbocycles. The molecule has 3 aromatic rings. The number of fused-ring (bicyclic) bond motifs is 1. The maximum atomic E-state index is 13.0. The van der Waals surface area contributed by atoms with Crippen molar-refractivity contribution in [1.29, 1.82) is 0 Å². The molecule has 7 nitrogen and oxygen atoms in total. The second kappa shape index (κ2) is 10.1. The van der Waals surface area contributed by atoms with Crippen LogP contribution in [0.3, 0.4) is 0 Å². The summed E-state index contributed by atoms with van der Waals surface area (Å²) in [6.45, 7) is 1.85. The van der Waals surface area contributed by atoms with Crippen molar-refractivity contribution < 1.29 is 24.2 Å². The number of nitrogens with one attached hydrogen (secondary N) is 1. The molecule has 2 N–H and O–H groups in total. The van der Waals surface area contributed by atoms with Crippen LogP contribution in [0.2, 0.25) is 0 Å². The monoisotopic (exact) mass is 474 g/mol. The maximum absolute atomic E-state index is 13.0. The Morgan fingerprint density at radius 1 is 1.11 bits per heavy atom. The minimum absolute atomic E-state index is 0.00726. The molecule has 0 saturated heterocycles. The Morgan fingerprint density at radius 3 is 2.54 bits per heavy atom. The lowest BCUT2D eigenvalue weighted by atomic mass is 9.91. The van der Waals surface area contributed by atoms with Crippen LogP contribution in [0.4, 0.5) is 0 Å². The quantitative estimate of drug-likeness (QED) is 0.530. The summed E-state index contributed by atoms with van der Waals surface area (Å²) in [5.41, 5.74) is 3.60. The van der Waals surface area contributed by atoms with E-state index in [9.17, 15) is 14.7 Å². The third kappa shape index (κ3) is 5.01. The van der Waals surface area contributed by atoms with Crippen LogP contribution in [0.1, 0.15) is 60.0 Å². The fraction of sp³-hybridized carbons (Fsp3) is 0.357. The Hall–Kier alpha value is -3.42. The van der Waals surface area contributed by atoms with Gasteiger partial charge in [-0.2, -0.15) is 0 Å². The minimum Gasteiger partial charge on any atom is -0.459 e. The lowest BCUT2D eigenvalue weighted by molar-refractivity contribution is -0.150. The van der Waals surface area contributed by atoms with E-state index < -0.39 is 6.29 Å². The van der Waals surface area contributed by atoms with Gasteiger partial charge in [0.2, 0.25) is 12.2 Å². The first kappa shape index (κ1) is 23.3. The molecular weight excluding hydrogens is 444 g/mol. The molecule has 1 aliphatic carbocycles. The summed E-state index contributed by atoms with van der Waals surface area (Å²) < 4.78 is 13.8. The zero-order valence-corrected chi connectivity index (χ0v) is 19.8. The number of ether oxygens (including phenoxy) is 2. The summed E-state index contributed by atoms with van der Waals surface area (Å²) in [7, 11) is 0. The Morgan fingerprint density at radius 2 is 1.86 bits per heavy atom. The Balaban J connectivity index is 1.42. The fourth-order valence-electron chi connectivity index (χ4n) is 4.64. The smallest absolute Gasteiger partial charge is 0.286 e. The second-order valence-corrected chi connectivity index (χ2v) is 9.30. The SMILES string of the molecule is CC(=O)n1cc([C@H]2C=C(C(=O)NC3CCC3)O[C@@H](OCc3ccc(CO)cc3)C2)c2ccccc21. The minimum atomic E-state index is -0.621. The van der Waals surface area contributed by atoms with Crippen LogP contribution < -0.4 is 5.32 Å². The van der Waals surface area contributed by atoms with Gasteiger partial charge in [0.15, 0.2) is 5.76 Å². The summed E-state index contributed by atoms with van der Waals surface area (Å²) in [5, 5.41) is 13.3. The van der Waals surface area contributed by atoms with Crippen molar-refractivity contribution in [3.05, 3.63) is 83.3 Å². The summed E-state index contributed by atoms with van der Waals surface area (Å²) in [5.74, 6) is -0.187. The second-order valence-electron chi connectivity index (χ2n) is 9.30. The number of allylic oxidation sites excluding steroid dienone is 1. The first-order valence-electron chi connectivity index (χ1n) is 12.1. The summed E-state index contributed by atoms with van der Waals surface area (Å²) in [4.78, 5) is 25.3. The van der Waals surface area contributed by atoms with Crippen molar-refractivity contribution >= 4 is 22.7 Å². The van der Waals surface area contributed by atoms with Gasteiger partial charge in [0.1, 0.15) is 0 Å². The van der Waals surface area contributed by atoms with E-state index in [4.69, 9.17) is 9.47 Å². The average Bonchev–Trinajstić information content (AvgIpc) is 3.25. The van der Waals surface area contributed by atoms with Crippen LogP contribution in [0.5, 0.6) is 0 Å². The number of nitrogens with zero attached hydrogens (tertiary/aromatic N) is 1. The van der Waals surface area contributed by atoms with Crippen LogP contribution in [-0.2, 0) is 27.5 Å². The molecule has 1 fully saturated rings. The molecule has 2 atom stereocenters. The number of carbonyl (C=O) groups is 2. The van der Waals surface area contributed by atoms with Gasteiger partial charge in [-0.05, 0) is 48.1 Å². The van der Waals surface area contributed by atoms with Gasteiger partial charge in [-0.25, -0.2) is 0 Å². The van der Waals surface area contributed by atoms with Gasteiger partial charge in [0.05, 0.1) is 18.7 Å². The van der Waals surface area contributed by atoms with Gasteiger partial charge in [0.25, 0.3) is 5.91 Å². The highest BCUT2D eigenvalue weighted by Crippen LogP contribution is 2.37. The molecule has 5 rings (SSSR count). The lowest BCUT2D eigenvalue weighted by Gasteiger charge is -2.31. The zero-order valence-electron chi connectivity index (χ0n) is 19.8. The number of carbonyl (C=O) groups excluding carboxylic acids is 2. The number of para-hydroxylation sites is 1. The highest BCUT2D eigenvalue weighted by atomic mass is 16.7. The van der Waals surface area contributed by atoms with Crippen LogP contribution in [-0.4, -0.2) is 33.8 Å². The third-order valence-electron chi connectivity index (χ3n) is 6.84. The van der Waals surface area contributed by atoms with Crippen molar-refractivity contribution in [2.24, 2.45) is 0 Å². The summed E-state index contributed by atoms with van der Waals surface area (Å²) in [6.07, 6.45) is 6.71. The van der Waals surface area contributed by atoms with Gasteiger partial charge in [0, 0.05) is 36.9 Å². The van der Waals surface area contributed by atoms with E-state index in [0.717, 1.165) is 46.9 Å². The number of hydrogen-bond acceptors (Lipinski definition) is 5. The lowest BCUT2D eigenvalue weighted by Crippen LogP contribution is -2.42. The van der Waals surface area contributed by atoms with Crippen LogP contribution >= 0.6 is 0 Å². The largest absolute Gasteiger partial charge is 0.459 e. The van der Waals surface area contributed by atoms with Crippen molar-refractivity contribution in [2.45, 2.75) is 64.1 Å². The van der Waals surface area contributed by atoms with E-state index in [2.05, 4.69) is 5.32 Å². The molecule has 0 bridgehead atoms. The molecule has 0 unspecified atom stereocenters. The number of rotatable bonds is 7. The van der Waals surface area contributed by atoms with Crippen molar-refractivity contribution in [2.75, 3.05) is 0 Å². The molecule has 1 aromatic heterocycles. The van der Waals surface area contributed by atoms with Gasteiger partial charge in [-0.15, -0.1) is 0 Å². The summed E-state index contributed by atoms with van der Waals surface area (Å²) >= 11 is 0. The van der Waals surface area contributed by atoms with Crippen molar-refractivity contribution in [3.63, 3.8) is 0 Å². The van der Waals surface area contributed by atoms with Gasteiger partial charge < -0.3 is 19.9 Å². The molecule has 35 heavy (non-hydrogen) atoms. The number of amides is 1. The third-order valence-corrected chi connectivity index (χ3v) is 6.84. The van der Waals surface area contributed by atoms with Crippen molar-refractivity contribution in [3.8, 4) is 0 Å². The predicted molar refractivity (Wildman–Crippen MR) is 131 cm³/mol. The van der Waals surface area contributed by atoms with Gasteiger partial charge in [-0.3, -0.25) is 14.2 Å². The van der Waals surface area contributed by atoms with Crippen molar-refractivity contribution in [1.82, 2.24) is 9.88 Å². The molecule has 1 amide bonds. The molecular formula is C28H30N2O5. The molecule has 1 aliphatic heterocycles. The Kier molecular flexibility index (Phi) is 6.70. The standard InChI is InChI=1S/C28H30N2O5/c1-18(32)30-15-24(23-7-2-3-8-25(23)30)21-13-26(28(33)29-22-5-4-6-22)35-27(14-21)34-17-20-11-9-19(16-31)10-12-20/h2-3,7-13,15,21-22,27,31H,4-6,14,16-17H2,1H3,(H,29,33)/t21-,27+/m0/s1. The summed E-state index contributed by atoms with van der Waals surface area (Å²) in [6, 6.07) is 15.5. The van der Waals surface area contributed by atoms with E-state index in [-0.39, 0.29) is 36.1 Å². The van der Waals surface area contributed by atoms with Gasteiger partial charge in [-0.1, -0.05) is 42.5 Å². The Labute approximate surface area is 204 Å². The van der Waals surface area contributed by atoms with Crippen LogP contribution in [0.25, 0.3) is 10.9 Å².